The van der Waals surface area contributed by atoms with Crippen LogP contribution in [0.1, 0.15) is 65.7 Å². The Morgan fingerprint density at radius 1 is 1.12 bits per heavy atom. The van der Waals surface area contributed by atoms with Gasteiger partial charge in [-0.3, -0.25) is 4.79 Å². The zero-order chi connectivity index (χ0) is 13.1. The van der Waals surface area contributed by atoms with E-state index in [0.29, 0.717) is 11.9 Å². The van der Waals surface area contributed by atoms with Crippen LogP contribution in [-0.2, 0) is 4.79 Å². The lowest BCUT2D eigenvalue weighted by Crippen LogP contribution is -2.40. The van der Waals surface area contributed by atoms with Gasteiger partial charge in [-0.15, -0.1) is 0 Å². The number of nitrogens with zero attached hydrogens (tertiary/aromatic N) is 1. The Hall–Kier alpha value is -0.0500. The minimum Gasteiger partial charge on any atom is -0.339 e. The maximum atomic E-state index is 12.2. The highest BCUT2D eigenvalue weighted by Crippen LogP contribution is 2.13. The van der Waals surface area contributed by atoms with Crippen molar-refractivity contribution in [1.29, 1.82) is 0 Å². The predicted octanol–water partition coefficient (Wildman–Crippen LogP) is 4.37. The van der Waals surface area contributed by atoms with E-state index in [1.807, 2.05) is 0 Å². The number of alkyl halides is 1. The summed E-state index contributed by atoms with van der Waals surface area (Å²) in [6.07, 6.45) is 7.55. The smallest absolute Gasteiger partial charge is 0.222 e. The van der Waals surface area contributed by atoms with Crippen LogP contribution in [0.2, 0.25) is 0 Å². The van der Waals surface area contributed by atoms with Gasteiger partial charge in [-0.25, -0.2) is 0 Å². The van der Waals surface area contributed by atoms with Crippen molar-refractivity contribution in [3.63, 3.8) is 0 Å². The first-order valence-corrected chi connectivity index (χ1v) is 8.18. The molecule has 0 heterocycles. The molecule has 0 spiro atoms. The predicted molar refractivity (Wildman–Crippen MR) is 78.6 cm³/mol. The maximum Gasteiger partial charge on any atom is 0.222 e. The van der Waals surface area contributed by atoms with Gasteiger partial charge in [0.05, 0.1) is 0 Å². The van der Waals surface area contributed by atoms with Crippen LogP contribution in [0.15, 0.2) is 0 Å². The van der Waals surface area contributed by atoms with Crippen LogP contribution in [0, 0.1) is 0 Å². The molecule has 0 aliphatic rings. The molecule has 0 aromatic carbocycles. The van der Waals surface area contributed by atoms with Crippen LogP contribution in [0.4, 0.5) is 0 Å². The highest BCUT2D eigenvalue weighted by atomic mass is 79.9. The monoisotopic (exact) mass is 305 g/mol. The molecule has 0 atom stereocenters. The van der Waals surface area contributed by atoms with E-state index in [4.69, 9.17) is 0 Å². The van der Waals surface area contributed by atoms with Crippen LogP contribution in [0.3, 0.4) is 0 Å². The van der Waals surface area contributed by atoms with E-state index in [9.17, 15) is 4.79 Å². The van der Waals surface area contributed by atoms with Gasteiger partial charge in [0.1, 0.15) is 0 Å². The van der Waals surface area contributed by atoms with E-state index >= 15 is 0 Å². The molecule has 1 amide bonds. The second kappa shape index (κ2) is 11.1. The largest absolute Gasteiger partial charge is 0.339 e. The molecule has 102 valence electrons. The van der Waals surface area contributed by atoms with Crippen molar-refractivity contribution in [1.82, 2.24) is 4.90 Å². The van der Waals surface area contributed by atoms with Gasteiger partial charge in [0, 0.05) is 24.3 Å². The minimum atomic E-state index is 0.342. The number of hydrogen-bond acceptors (Lipinski definition) is 1. The first kappa shape index (κ1) is 16.9. The zero-order valence-corrected chi connectivity index (χ0v) is 13.3. The number of halogens is 1. The van der Waals surface area contributed by atoms with Crippen molar-refractivity contribution in [3.8, 4) is 0 Å². The fourth-order valence-electron chi connectivity index (χ4n) is 2.18. The van der Waals surface area contributed by atoms with Gasteiger partial charge in [0.2, 0.25) is 5.91 Å². The topological polar surface area (TPSA) is 20.3 Å². The third kappa shape index (κ3) is 7.07. The summed E-state index contributed by atoms with van der Waals surface area (Å²) in [5, 5.41) is 0.879. The van der Waals surface area contributed by atoms with Crippen molar-refractivity contribution in [2.24, 2.45) is 0 Å². The van der Waals surface area contributed by atoms with Gasteiger partial charge < -0.3 is 4.90 Å². The first-order valence-electron chi connectivity index (χ1n) is 7.06. The summed E-state index contributed by atoms with van der Waals surface area (Å²) >= 11 is 3.44. The first-order chi connectivity index (χ1) is 8.21. The highest BCUT2D eigenvalue weighted by molar-refractivity contribution is 9.09. The van der Waals surface area contributed by atoms with Gasteiger partial charge in [-0.05, 0) is 19.3 Å². The minimum absolute atomic E-state index is 0.342. The summed E-state index contributed by atoms with van der Waals surface area (Å²) < 4.78 is 0. The van der Waals surface area contributed by atoms with Gasteiger partial charge in [0.15, 0.2) is 0 Å². The normalized spacial score (nSPS) is 10.9. The van der Waals surface area contributed by atoms with Gasteiger partial charge in [-0.2, -0.15) is 0 Å². The van der Waals surface area contributed by atoms with E-state index in [0.717, 1.165) is 37.6 Å². The summed E-state index contributed by atoms with van der Waals surface area (Å²) in [4.78, 5) is 14.2. The Balaban J connectivity index is 4.13. The maximum absolute atomic E-state index is 12.2. The zero-order valence-electron chi connectivity index (χ0n) is 11.7. The van der Waals surface area contributed by atoms with Crippen LogP contribution in [0.5, 0.6) is 0 Å². The molecule has 2 nitrogen and oxygen atoms in total. The van der Waals surface area contributed by atoms with E-state index in [1.54, 1.807) is 0 Å². The molecular weight excluding hydrogens is 278 g/mol. The lowest BCUT2D eigenvalue weighted by Gasteiger charge is -2.30. The Bertz CT molecular complexity index is 193. The average Bonchev–Trinajstić information content (AvgIpc) is 2.34. The number of unbranched alkanes of at least 4 members (excludes halogenated alkanes) is 3. The molecule has 0 aromatic heterocycles. The summed E-state index contributed by atoms with van der Waals surface area (Å²) in [7, 11) is 0. The van der Waals surface area contributed by atoms with E-state index < -0.39 is 0 Å². The molecule has 0 saturated heterocycles. The quantitative estimate of drug-likeness (QED) is 0.433. The van der Waals surface area contributed by atoms with Crippen LogP contribution in [0.25, 0.3) is 0 Å². The molecule has 0 saturated carbocycles. The summed E-state index contributed by atoms with van der Waals surface area (Å²) in [5.74, 6) is 0.342. The molecule has 17 heavy (non-hydrogen) atoms. The van der Waals surface area contributed by atoms with Crippen molar-refractivity contribution < 1.29 is 4.79 Å². The van der Waals surface area contributed by atoms with E-state index in [1.165, 1.54) is 19.3 Å². The van der Waals surface area contributed by atoms with Crippen LogP contribution >= 0.6 is 15.9 Å². The second-order valence-corrected chi connectivity index (χ2v) is 5.35. The van der Waals surface area contributed by atoms with Gasteiger partial charge >= 0.3 is 0 Å². The number of amides is 1. The highest BCUT2D eigenvalue weighted by Gasteiger charge is 2.19. The SMILES string of the molecule is CCCCCCC(=O)N(CCBr)C(CC)CC. The molecular formula is C14H28BrNO. The van der Waals surface area contributed by atoms with Crippen molar-refractivity contribution in [3.05, 3.63) is 0 Å². The molecule has 0 radical (unpaired) electrons. The molecule has 0 aliphatic heterocycles. The number of carbonyl (C=O) groups is 1. The summed E-state index contributed by atoms with van der Waals surface area (Å²) in [6, 6.07) is 0.422. The Morgan fingerprint density at radius 2 is 1.76 bits per heavy atom. The van der Waals surface area contributed by atoms with E-state index in [2.05, 4.69) is 41.6 Å². The molecule has 0 aliphatic carbocycles. The molecule has 3 heteroatoms. The van der Waals surface area contributed by atoms with E-state index in [-0.39, 0.29) is 0 Å². The molecule has 0 fully saturated rings. The summed E-state index contributed by atoms with van der Waals surface area (Å²) in [6.45, 7) is 7.38. The number of carbonyl (C=O) groups excluding carboxylic acids is 1. The lowest BCUT2D eigenvalue weighted by atomic mass is 10.1. The third-order valence-electron chi connectivity index (χ3n) is 3.27. The molecule has 0 aromatic rings. The Labute approximate surface area is 115 Å². The number of rotatable bonds is 10. The van der Waals surface area contributed by atoms with Crippen molar-refractivity contribution >= 4 is 21.8 Å². The average molecular weight is 306 g/mol. The fourth-order valence-corrected chi connectivity index (χ4v) is 2.56. The van der Waals surface area contributed by atoms with Gasteiger partial charge in [-0.1, -0.05) is 56.0 Å². The Morgan fingerprint density at radius 3 is 2.24 bits per heavy atom. The standard InChI is InChI=1S/C14H28BrNO/c1-4-7-8-9-10-14(17)16(12-11-15)13(5-2)6-3/h13H,4-12H2,1-3H3. The molecule has 0 unspecified atom stereocenters. The lowest BCUT2D eigenvalue weighted by molar-refractivity contribution is -0.133. The van der Waals surface area contributed by atoms with Crippen molar-refractivity contribution in [2.75, 3.05) is 11.9 Å². The third-order valence-corrected chi connectivity index (χ3v) is 3.63. The van der Waals surface area contributed by atoms with Crippen LogP contribution in [-0.4, -0.2) is 28.7 Å². The van der Waals surface area contributed by atoms with Crippen molar-refractivity contribution in [2.45, 2.75) is 71.8 Å². The van der Waals surface area contributed by atoms with Gasteiger partial charge in [0.25, 0.3) is 0 Å². The fraction of sp³-hybridized carbons (Fsp3) is 0.929. The molecule has 0 rings (SSSR count). The molecule has 0 bridgehead atoms. The second-order valence-electron chi connectivity index (χ2n) is 4.56. The van der Waals surface area contributed by atoms with Crippen LogP contribution < -0.4 is 0 Å². The Kier molecular flexibility index (Phi) is 11.0. The number of hydrogen-bond donors (Lipinski definition) is 0. The molecule has 0 N–H and O–H groups in total. The summed E-state index contributed by atoms with van der Waals surface area (Å²) in [5.41, 5.74) is 0.